The third-order valence-corrected chi connectivity index (χ3v) is 2.32. The zero-order valence-corrected chi connectivity index (χ0v) is 8.51. The Morgan fingerprint density at radius 3 is 3.07 bits per heavy atom. The van der Waals surface area contributed by atoms with Crippen molar-refractivity contribution in [2.75, 3.05) is 6.79 Å². The number of rotatable bonds is 3. The quantitative estimate of drug-likeness (QED) is 0.469. The van der Waals surface area contributed by atoms with Gasteiger partial charge in [-0.3, -0.25) is 0 Å². The molecular formula is C11H13NO3. The summed E-state index contributed by atoms with van der Waals surface area (Å²) in [7, 11) is 0. The molecular weight excluding hydrogens is 194 g/mol. The van der Waals surface area contributed by atoms with Crippen LogP contribution in [0.4, 0.5) is 0 Å². The average Bonchev–Trinajstić information content (AvgIpc) is 2.65. The van der Waals surface area contributed by atoms with Crippen LogP contribution in [-0.2, 0) is 6.42 Å². The Bertz CT molecular complexity index is 376. The molecule has 1 aliphatic heterocycles. The second kappa shape index (κ2) is 4.21. The van der Waals surface area contributed by atoms with E-state index in [1.807, 2.05) is 25.1 Å². The molecule has 1 aliphatic rings. The molecule has 2 rings (SSSR count). The van der Waals surface area contributed by atoms with Crippen LogP contribution in [0.25, 0.3) is 0 Å². The Kier molecular flexibility index (Phi) is 2.76. The molecule has 1 unspecified atom stereocenters. The first-order chi connectivity index (χ1) is 7.29. The Labute approximate surface area is 88.1 Å². The van der Waals surface area contributed by atoms with E-state index in [9.17, 15) is 0 Å². The predicted octanol–water partition coefficient (Wildman–Crippen LogP) is 2.05. The molecule has 4 heteroatoms. The number of hydrogen-bond acceptors (Lipinski definition) is 4. The zero-order valence-electron chi connectivity index (χ0n) is 8.51. The topological polar surface area (TPSA) is 51.1 Å². The molecule has 0 saturated carbocycles. The molecule has 80 valence electrons. The van der Waals surface area contributed by atoms with E-state index in [2.05, 4.69) is 5.16 Å². The fraction of sp³-hybridized carbons (Fsp3) is 0.364. The molecule has 4 nitrogen and oxygen atoms in total. The lowest BCUT2D eigenvalue weighted by molar-refractivity contribution is 0.174. The summed E-state index contributed by atoms with van der Waals surface area (Å²) in [5, 5.41) is 11.4. The molecule has 0 radical (unpaired) electrons. The van der Waals surface area contributed by atoms with Crippen LogP contribution in [0.5, 0.6) is 11.5 Å². The van der Waals surface area contributed by atoms with Gasteiger partial charge in [0.1, 0.15) is 0 Å². The first kappa shape index (κ1) is 9.83. The molecule has 1 atom stereocenters. The van der Waals surface area contributed by atoms with Gasteiger partial charge in [0, 0.05) is 6.21 Å². The first-order valence-electron chi connectivity index (χ1n) is 4.85. The lowest BCUT2D eigenvalue weighted by Gasteiger charge is -2.05. The van der Waals surface area contributed by atoms with Crippen molar-refractivity contribution >= 4 is 6.21 Å². The summed E-state index contributed by atoms with van der Waals surface area (Å²) in [5.74, 6) is 1.79. The predicted molar refractivity (Wildman–Crippen MR) is 55.7 cm³/mol. The lowest BCUT2D eigenvalue weighted by Crippen LogP contribution is -2.00. The Hall–Kier alpha value is -1.71. The van der Waals surface area contributed by atoms with E-state index in [1.165, 1.54) is 6.21 Å². The van der Waals surface area contributed by atoms with Crippen molar-refractivity contribution < 1.29 is 14.7 Å². The summed E-state index contributed by atoms with van der Waals surface area (Å²) in [5.41, 5.74) is 1.15. The van der Waals surface area contributed by atoms with Crippen LogP contribution in [0.1, 0.15) is 12.5 Å². The van der Waals surface area contributed by atoms with Crippen LogP contribution in [0, 0.1) is 5.92 Å². The molecule has 15 heavy (non-hydrogen) atoms. The normalized spacial score (nSPS) is 15.8. The number of benzene rings is 1. The average molecular weight is 207 g/mol. The molecule has 1 N–H and O–H groups in total. The van der Waals surface area contributed by atoms with Gasteiger partial charge in [-0.05, 0) is 30.0 Å². The molecule has 0 fully saturated rings. The van der Waals surface area contributed by atoms with E-state index in [-0.39, 0.29) is 5.92 Å². The van der Waals surface area contributed by atoms with Gasteiger partial charge < -0.3 is 14.7 Å². The molecule has 0 aromatic heterocycles. The maximum absolute atomic E-state index is 8.39. The first-order valence-corrected chi connectivity index (χ1v) is 4.85. The van der Waals surface area contributed by atoms with Crippen LogP contribution in [0.2, 0.25) is 0 Å². The Morgan fingerprint density at radius 2 is 2.27 bits per heavy atom. The summed E-state index contributed by atoms with van der Waals surface area (Å²) >= 11 is 0. The van der Waals surface area contributed by atoms with Crippen molar-refractivity contribution in [1.29, 1.82) is 0 Å². The largest absolute Gasteiger partial charge is 0.454 e. The standard InChI is InChI=1S/C11H13NO3/c1-8(6-12-13)4-9-2-3-10-11(5-9)15-7-14-10/h2-3,5-6,8,13H,4,7H2,1H3. The Morgan fingerprint density at radius 1 is 1.47 bits per heavy atom. The van der Waals surface area contributed by atoms with E-state index in [4.69, 9.17) is 14.7 Å². The Balaban J connectivity index is 2.10. The van der Waals surface area contributed by atoms with Crippen molar-refractivity contribution in [1.82, 2.24) is 0 Å². The van der Waals surface area contributed by atoms with Crippen LogP contribution in [0.15, 0.2) is 23.4 Å². The van der Waals surface area contributed by atoms with E-state index < -0.39 is 0 Å². The highest BCUT2D eigenvalue weighted by molar-refractivity contribution is 5.60. The van der Waals surface area contributed by atoms with Gasteiger partial charge in [-0.15, -0.1) is 5.16 Å². The summed E-state index contributed by atoms with van der Waals surface area (Å²) in [4.78, 5) is 0. The minimum Gasteiger partial charge on any atom is -0.454 e. The molecule has 0 saturated heterocycles. The second-order valence-corrected chi connectivity index (χ2v) is 3.63. The molecule has 1 aromatic rings. The maximum Gasteiger partial charge on any atom is 0.231 e. The van der Waals surface area contributed by atoms with Crippen LogP contribution >= 0.6 is 0 Å². The van der Waals surface area contributed by atoms with Gasteiger partial charge in [0.25, 0.3) is 0 Å². The number of fused-ring (bicyclic) bond motifs is 1. The van der Waals surface area contributed by atoms with E-state index in [0.29, 0.717) is 6.79 Å². The van der Waals surface area contributed by atoms with Crippen molar-refractivity contribution in [2.24, 2.45) is 11.1 Å². The van der Waals surface area contributed by atoms with Crippen LogP contribution in [-0.4, -0.2) is 18.2 Å². The van der Waals surface area contributed by atoms with Gasteiger partial charge in [0.15, 0.2) is 11.5 Å². The van der Waals surface area contributed by atoms with Crippen molar-refractivity contribution in [3.8, 4) is 11.5 Å². The van der Waals surface area contributed by atoms with E-state index in [1.54, 1.807) is 0 Å². The molecule has 1 heterocycles. The van der Waals surface area contributed by atoms with Crippen molar-refractivity contribution in [3.63, 3.8) is 0 Å². The minimum absolute atomic E-state index is 0.204. The van der Waals surface area contributed by atoms with Gasteiger partial charge >= 0.3 is 0 Å². The highest BCUT2D eigenvalue weighted by Crippen LogP contribution is 2.32. The zero-order chi connectivity index (χ0) is 10.7. The van der Waals surface area contributed by atoms with Gasteiger partial charge in [-0.1, -0.05) is 13.0 Å². The van der Waals surface area contributed by atoms with Crippen molar-refractivity contribution in [2.45, 2.75) is 13.3 Å². The van der Waals surface area contributed by atoms with Gasteiger partial charge in [-0.2, -0.15) is 0 Å². The van der Waals surface area contributed by atoms with Crippen molar-refractivity contribution in [3.05, 3.63) is 23.8 Å². The monoisotopic (exact) mass is 207 g/mol. The van der Waals surface area contributed by atoms with E-state index >= 15 is 0 Å². The highest BCUT2D eigenvalue weighted by Gasteiger charge is 2.13. The van der Waals surface area contributed by atoms with Gasteiger partial charge in [0.05, 0.1) is 0 Å². The second-order valence-electron chi connectivity index (χ2n) is 3.63. The summed E-state index contributed by atoms with van der Waals surface area (Å²) in [6.07, 6.45) is 2.34. The minimum atomic E-state index is 0.204. The summed E-state index contributed by atoms with van der Waals surface area (Å²) in [6.45, 7) is 2.29. The molecule has 1 aromatic carbocycles. The SMILES string of the molecule is CC(C=NO)Cc1ccc2c(c1)OCO2. The molecule has 0 spiro atoms. The fourth-order valence-electron chi connectivity index (χ4n) is 1.61. The van der Waals surface area contributed by atoms with Crippen LogP contribution < -0.4 is 9.47 Å². The van der Waals surface area contributed by atoms with Crippen LogP contribution in [0.3, 0.4) is 0 Å². The number of hydrogen-bond donors (Lipinski definition) is 1. The third-order valence-electron chi connectivity index (χ3n) is 2.32. The third kappa shape index (κ3) is 2.21. The summed E-state index contributed by atoms with van der Waals surface area (Å²) < 4.78 is 10.5. The van der Waals surface area contributed by atoms with Gasteiger partial charge in [0.2, 0.25) is 6.79 Å². The molecule has 0 amide bonds. The maximum atomic E-state index is 8.39. The number of ether oxygens (including phenoxy) is 2. The molecule has 0 aliphatic carbocycles. The smallest absolute Gasteiger partial charge is 0.231 e. The highest BCUT2D eigenvalue weighted by atomic mass is 16.7. The summed E-state index contributed by atoms with van der Waals surface area (Å²) in [6, 6.07) is 5.86. The van der Waals surface area contributed by atoms with Gasteiger partial charge in [-0.25, -0.2) is 0 Å². The molecule has 0 bridgehead atoms. The van der Waals surface area contributed by atoms with E-state index in [0.717, 1.165) is 23.5 Å². The number of oxime groups is 1. The number of nitrogens with zero attached hydrogens (tertiary/aromatic N) is 1. The fourth-order valence-corrected chi connectivity index (χ4v) is 1.61. The lowest BCUT2D eigenvalue weighted by atomic mass is 10.0.